The molecule has 6 heteroatoms. The molecule has 0 spiro atoms. The van der Waals surface area contributed by atoms with Crippen LogP contribution in [-0.2, 0) is 0 Å². The van der Waals surface area contributed by atoms with E-state index >= 15 is 0 Å². The van der Waals surface area contributed by atoms with E-state index in [4.69, 9.17) is 9.52 Å². The highest BCUT2D eigenvalue weighted by Gasteiger charge is 2.23. The van der Waals surface area contributed by atoms with E-state index < -0.39 is 0 Å². The normalized spacial score (nSPS) is 22.1. The number of nitrogens with zero attached hydrogens (tertiary/aromatic N) is 1. The lowest BCUT2D eigenvalue weighted by molar-refractivity contribution is 0.0909. The maximum Gasteiger partial charge on any atom is 0.272 e. The number of rotatable bonds is 4. The molecule has 2 heterocycles. The van der Waals surface area contributed by atoms with Crippen molar-refractivity contribution in [2.24, 2.45) is 5.92 Å². The first-order valence-electron chi connectivity index (χ1n) is 7.27. The smallest absolute Gasteiger partial charge is 0.272 e. The zero-order chi connectivity index (χ0) is 14.7. The van der Waals surface area contributed by atoms with E-state index in [-0.39, 0.29) is 18.6 Å². The molecule has 1 fully saturated rings. The number of furan rings is 1. The Bertz CT molecular complexity index is 583. The van der Waals surface area contributed by atoms with Gasteiger partial charge in [0.25, 0.3) is 5.91 Å². The molecule has 0 unspecified atom stereocenters. The summed E-state index contributed by atoms with van der Waals surface area (Å²) in [5, 5.41) is 19.0. The summed E-state index contributed by atoms with van der Waals surface area (Å²) in [6.07, 6.45) is 5.31. The molecule has 0 radical (unpaired) electrons. The van der Waals surface area contributed by atoms with Crippen LogP contribution in [0.4, 0.5) is 0 Å². The fourth-order valence-electron chi connectivity index (χ4n) is 2.74. The van der Waals surface area contributed by atoms with Gasteiger partial charge in [-0.2, -0.15) is 5.10 Å². The number of carbonyl (C=O) groups is 1. The van der Waals surface area contributed by atoms with E-state index in [1.54, 1.807) is 18.4 Å². The summed E-state index contributed by atoms with van der Waals surface area (Å²) in [5.74, 6) is 0.871. The first-order chi connectivity index (χ1) is 10.3. The average Bonchev–Trinajstić information content (AvgIpc) is 3.19. The fraction of sp³-hybridized carbons (Fsp3) is 0.467. The molecule has 6 nitrogen and oxygen atoms in total. The van der Waals surface area contributed by atoms with Crippen LogP contribution < -0.4 is 5.32 Å². The number of aliphatic hydroxyl groups is 1. The van der Waals surface area contributed by atoms with Crippen LogP contribution in [0, 0.1) is 5.92 Å². The van der Waals surface area contributed by atoms with Crippen molar-refractivity contribution in [3.8, 4) is 11.5 Å². The number of amides is 1. The van der Waals surface area contributed by atoms with Crippen LogP contribution in [0.2, 0.25) is 0 Å². The summed E-state index contributed by atoms with van der Waals surface area (Å²) in [6.45, 7) is 0.243. The Morgan fingerprint density at radius 2 is 2.24 bits per heavy atom. The second kappa shape index (κ2) is 6.13. The van der Waals surface area contributed by atoms with Crippen LogP contribution in [0.5, 0.6) is 0 Å². The molecule has 3 rings (SSSR count). The van der Waals surface area contributed by atoms with Gasteiger partial charge in [0.1, 0.15) is 5.69 Å². The molecule has 112 valence electrons. The predicted molar refractivity (Wildman–Crippen MR) is 76.6 cm³/mol. The molecule has 1 amide bonds. The van der Waals surface area contributed by atoms with Crippen molar-refractivity contribution >= 4 is 5.91 Å². The van der Waals surface area contributed by atoms with E-state index in [9.17, 15) is 4.79 Å². The van der Waals surface area contributed by atoms with Gasteiger partial charge >= 0.3 is 0 Å². The number of hydrogen-bond acceptors (Lipinski definition) is 4. The third-order valence-corrected chi connectivity index (χ3v) is 4.04. The standard InChI is InChI=1S/C15H19N3O3/c19-9-10-3-5-11(6-4-10)16-15(20)13-8-12(17-18-13)14-2-1-7-21-14/h1-2,7-8,10-11,19H,3-6,9H2,(H,16,20)(H,17,18). The van der Waals surface area contributed by atoms with E-state index in [2.05, 4.69) is 15.5 Å². The summed E-state index contributed by atoms with van der Waals surface area (Å²) in [5.41, 5.74) is 1.06. The predicted octanol–water partition coefficient (Wildman–Crippen LogP) is 1.95. The molecule has 1 aliphatic carbocycles. The molecule has 0 bridgehead atoms. The zero-order valence-corrected chi connectivity index (χ0v) is 11.7. The average molecular weight is 289 g/mol. The van der Waals surface area contributed by atoms with E-state index in [1.807, 2.05) is 6.07 Å². The summed E-state index contributed by atoms with van der Waals surface area (Å²) in [6, 6.07) is 5.46. The minimum Gasteiger partial charge on any atom is -0.463 e. The number of aliphatic hydroxyl groups excluding tert-OH is 1. The SMILES string of the molecule is O=C(NC1CCC(CO)CC1)c1cc(-c2ccco2)[nH]n1. The minimum absolute atomic E-state index is 0.170. The number of carbonyl (C=O) groups excluding carboxylic acids is 1. The van der Waals surface area contributed by atoms with Crippen molar-refractivity contribution in [1.29, 1.82) is 0 Å². The summed E-state index contributed by atoms with van der Waals surface area (Å²) in [7, 11) is 0. The van der Waals surface area contributed by atoms with Crippen molar-refractivity contribution < 1.29 is 14.3 Å². The number of H-pyrrole nitrogens is 1. The quantitative estimate of drug-likeness (QED) is 0.802. The van der Waals surface area contributed by atoms with Crippen LogP contribution in [0.15, 0.2) is 28.9 Å². The highest BCUT2D eigenvalue weighted by Crippen LogP contribution is 2.24. The van der Waals surface area contributed by atoms with Crippen LogP contribution >= 0.6 is 0 Å². The molecule has 1 saturated carbocycles. The highest BCUT2D eigenvalue weighted by molar-refractivity contribution is 5.93. The molecule has 2 aromatic rings. The van der Waals surface area contributed by atoms with Crippen LogP contribution in [0.3, 0.4) is 0 Å². The van der Waals surface area contributed by atoms with Gasteiger partial charge in [-0.05, 0) is 43.7 Å². The van der Waals surface area contributed by atoms with Gasteiger partial charge < -0.3 is 14.8 Å². The lowest BCUT2D eigenvalue weighted by atomic mass is 9.86. The van der Waals surface area contributed by atoms with Gasteiger partial charge in [-0.1, -0.05) is 0 Å². The molecule has 0 aromatic carbocycles. The lowest BCUT2D eigenvalue weighted by Gasteiger charge is -2.27. The van der Waals surface area contributed by atoms with Gasteiger partial charge in [-0.15, -0.1) is 0 Å². The number of aromatic amines is 1. The maximum atomic E-state index is 12.2. The Hall–Kier alpha value is -2.08. The van der Waals surface area contributed by atoms with Crippen molar-refractivity contribution in [3.63, 3.8) is 0 Å². The van der Waals surface area contributed by atoms with Crippen LogP contribution in [0.25, 0.3) is 11.5 Å². The molecule has 21 heavy (non-hydrogen) atoms. The Morgan fingerprint density at radius 3 is 2.90 bits per heavy atom. The Labute approximate surface area is 122 Å². The summed E-state index contributed by atoms with van der Waals surface area (Å²) >= 11 is 0. The molecule has 0 aliphatic heterocycles. The molecule has 0 atom stereocenters. The summed E-state index contributed by atoms with van der Waals surface area (Å²) in [4.78, 5) is 12.2. The minimum atomic E-state index is -0.170. The Morgan fingerprint density at radius 1 is 1.43 bits per heavy atom. The summed E-state index contributed by atoms with van der Waals surface area (Å²) < 4.78 is 5.26. The Balaban J connectivity index is 1.59. The number of nitrogens with one attached hydrogen (secondary N) is 2. The number of hydrogen-bond donors (Lipinski definition) is 3. The van der Waals surface area contributed by atoms with Gasteiger partial charge in [-0.25, -0.2) is 0 Å². The van der Waals surface area contributed by atoms with Gasteiger partial charge in [0, 0.05) is 18.7 Å². The molecular formula is C15H19N3O3. The molecular weight excluding hydrogens is 270 g/mol. The highest BCUT2D eigenvalue weighted by atomic mass is 16.3. The van der Waals surface area contributed by atoms with Gasteiger partial charge in [0.05, 0.1) is 6.26 Å². The van der Waals surface area contributed by atoms with Crippen molar-refractivity contribution in [3.05, 3.63) is 30.2 Å². The van der Waals surface area contributed by atoms with E-state index in [1.165, 1.54) is 0 Å². The van der Waals surface area contributed by atoms with Crippen LogP contribution in [-0.4, -0.2) is 33.9 Å². The Kier molecular flexibility index (Phi) is 4.06. The lowest BCUT2D eigenvalue weighted by Crippen LogP contribution is -2.38. The first kappa shape index (κ1) is 13.9. The fourth-order valence-corrected chi connectivity index (χ4v) is 2.74. The van der Waals surface area contributed by atoms with Crippen molar-refractivity contribution in [2.75, 3.05) is 6.61 Å². The second-order valence-electron chi connectivity index (χ2n) is 5.52. The first-order valence-corrected chi connectivity index (χ1v) is 7.27. The third-order valence-electron chi connectivity index (χ3n) is 4.04. The van der Waals surface area contributed by atoms with Crippen LogP contribution in [0.1, 0.15) is 36.2 Å². The molecule has 1 aliphatic rings. The molecule has 3 N–H and O–H groups in total. The van der Waals surface area contributed by atoms with E-state index in [0.717, 1.165) is 25.7 Å². The number of aromatic nitrogens is 2. The maximum absolute atomic E-state index is 12.2. The zero-order valence-electron chi connectivity index (χ0n) is 11.7. The van der Waals surface area contributed by atoms with Gasteiger partial charge in [-0.3, -0.25) is 9.89 Å². The third kappa shape index (κ3) is 3.16. The molecule has 0 saturated heterocycles. The molecule has 2 aromatic heterocycles. The second-order valence-corrected chi connectivity index (χ2v) is 5.52. The largest absolute Gasteiger partial charge is 0.463 e. The topological polar surface area (TPSA) is 91.1 Å². The van der Waals surface area contributed by atoms with Crippen molar-refractivity contribution in [1.82, 2.24) is 15.5 Å². The van der Waals surface area contributed by atoms with Gasteiger partial charge in [0.15, 0.2) is 11.5 Å². The van der Waals surface area contributed by atoms with Gasteiger partial charge in [0.2, 0.25) is 0 Å². The van der Waals surface area contributed by atoms with E-state index in [0.29, 0.717) is 23.1 Å². The van der Waals surface area contributed by atoms with Crippen molar-refractivity contribution in [2.45, 2.75) is 31.7 Å². The monoisotopic (exact) mass is 289 g/mol.